The van der Waals surface area contributed by atoms with Crippen molar-refractivity contribution in [1.82, 2.24) is 4.90 Å². The Bertz CT molecular complexity index is 407. The van der Waals surface area contributed by atoms with Crippen molar-refractivity contribution in [2.75, 3.05) is 27.2 Å². The predicted molar refractivity (Wildman–Crippen MR) is 73.1 cm³/mol. The average Bonchev–Trinajstić information content (AvgIpc) is 2.81. The lowest BCUT2D eigenvalue weighted by atomic mass is 9.74. The van der Waals surface area contributed by atoms with Crippen LogP contribution >= 0.6 is 0 Å². The number of nitrogens with zero attached hydrogens (tertiary/aromatic N) is 1. The fraction of sp³-hybridized carbons (Fsp3) is 0.600. The molecule has 1 saturated heterocycles. The summed E-state index contributed by atoms with van der Waals surface area (Å²) in [6.45, 7) is 3.99. The molecule has 3 nitrogen and oxygen atoms in total. The smallest absolute Gasteiger partial charge is 0.119 e. The summed E-state index contributed by atoms with van der Waals surface area (Å²) in [5, 5.41) is 10.5. The topological polar surface area (TPSA) is 32.7 Å². The molecule has 1 aromatic carbocycles. The van der Waals surface area contributed by atoms with Crippen LogP contribution in [0, 0.1) is 0 Å². The maximum atomic E-state index is 10.5. The SMILES string of the molecule is CCC(O)C1(c2cccc(OC)c2)CCN(C)C1. The first-order valence-electron chi connectivity index (χ1n) is 6.63. The molecule has 1 heterocycles. The summed E-state index contributed by atoms with van der Waals surface area (Å²) < 4.78 is 5.30. The summed E-state index contributed by atoms with van der Waals surface area (Å²) in [6.07, 6.45) is 1.49. The number of aliphatic hydroxyl groups excluding tert-OH is 1. The highest BCUT2D eigenvalue weighted by atomic mass is 16.5. The lowest BCUT2D eigenvalue weighted by Crippen LogP contribution is -2.41. The summed E-state index contributed by atoms with van der Waals surface area (Å²) >= 11 is 0. The van der Waals surface area contributed by atoms with Crippen LogP contribution in [-0.2, 0) is 5.41 Å². The number of aliphatic hydroxyl groups is 1. The normalized spacial score (nSPS) is 26.2. The molecule has 100 valence electrons. The summed E-state index contributed by atoms with van der Waals surface area (Å²) in [7, 11) is 3.80. The summed E-state index contributed by atoms with van der Waals surface area (Å²) in [6, 6.07) is 8.14. The van der Waals surface area contributed by atoms with Crippen LogP contribution in [0.4, 0.5) is 0 Å². The van der Waals surface area contributed by atoms with Gasteiger partial charge in [-0.05, 0) is 44.1 Å². The molecule has 3 heteroatoms. The van der Waals surface area contributed by atoms with Gasteiger partial charge in [-0.3, -0.25) is 0 Å². The predicted octanol–water partition coefficient (Wildman–Crippen LogP) is 2.04. The van der Waals surface area contributed by atoms with Crippen LogP contribution in [0.2, 0.25) is 0 Å². The van der Waals surface area contributed by atoms with Gasteiger partial charge in [0, 0.05) is 12.0 Å². The van der Waals surface area contributed by atoms with Crippen molar-refractivity contribution in [2.45, 2.75) is 31.3 Å². The van der Waals surface area contributed by atoms with Crippen molar-refractivity contribution in [2.24, 2.45) is 0 Å². The van der Waals surface area contributed by atoms with E-state index in [1.54, 1.807) is 7.11 Å². The van der Waals surface area contributed by atoms with Crippen LogP contribution in [0.3, 0.4) is 0 Å². The molecule has 2 unspecified atom stereocenters. The molecule has 0 amide bonds. The van der Waals surface area contributed by atoms with Gasteiger partial charge >= 0.3 is 0 Å². The zero-order valence-electron chi connectivity index (χ0n) is 11.5. The molecule has 1 aromatic rings. The number of benzene rings is 1. The van der Waals surface area contributed by atoms with E-state index in [4.69, 9.17) is 4.74 Å². The zero-order chi connectivity index (χ0) is 13.2. The van der Waals surface area contributed by atoms with Gasteiger partial charge in [-0.1, -0.05) is 19.1 Å². The first kappa shape index (κ1) is 13.4. The van der Waals surface area contributed by atoms with E-state index in [1.807, 2.05) is 19.1 Å². The van der Waals surface area contributed by atoms with Gasteiger partial charge < -0.3 is 14.7 Å². The van der Waals surface area contributed by atoms with E-state index in [-0.39, 0.29) is 11.5 Å². The number of rotatable bonds is 4. The molecule has 0 bridgehead atoms. The molecule has 0 radical (unpaired) electrons. The molecule has 1 N–H and O–H groups in total. The molecule has 0 aromatic heterocycles. The van der Waals surface area contributed by atoms with Crippen molar-refractivity contribution in [1.29, 1.82) is 0 Å². The van der Waals surface area contributed by atoms with Crippen LogP contribution in [0.5, 0.6) is 5.75 Å². The molecular formula is C15H23NO2. The van der Waals surface area contributed by atoms with Gasteiger partial charge in [-0.15, -0.1) is 0 Å². The van der Waals surface area contributed by atoms with E-state index in [0.717, 1.165) is 31.7 Å². The van der Waals surface area contributed by atoms with Crippen molar-refractivity contribution < 1.29 is 9.84 Å². The summed E-state index contributed by atoms with van der Waals surface area (Å²) in [4.78, 5) is 2.29. The Kier molecular flexibility index (Phi) is 3.93. The third-order valence-corrected chi connectivity index (χ3v) is 4.16. The highest BCUT2D eigenvalue weighted by Crippen LogP contribution is 2.39. The fourth-order valence-electron chi connectivity index (χ4n) is 3.05. The molecule has 0 aliphatic carbocycles. The Balaban J connectivity index is 2.40. The second-order valence-electron chi connectivity index (χ2n) is 5.30. The minimum absolute atomic E-state index is 0.141. The first-order chi connectivity index (χ1) is 8.62. The van der Waals surface area contributed by atoms with Crippen LogP contribution in [-0.4, -0.2) is 43.4 Å². The Hall–Kier alpha value is -1.06. The number of likely N-dealkylation sites (N-methyl/N-ethyl adjacent to an activating group) is 1. The molecule has 0 saturated carbocycles. The van der Waals surface area contributed by atoms with E-state index < -0.39 is 0 Å². The third-order valence-electron chi connectivity index (χ3n) is 4.16. The van der Waals surface area contributed by atoms with E-state index in [1.165, 1.54) is 5.56 Å². The summed E-state index contributed by atoms with van der Waals surface area (Å²) in [5.74, 6) is 0.865. The van der Waals surface area contributed by atoms with Crippen molar-refractivity contribution >= 4 is 0 Å². The summed E-state index contributed by atoms with van der Waals surface area (Å²) in [5.41, 5.74) is 1.05. The Morgan fingerprint density at radius 1 is 1.50 bits per heavy atom. The molecule has 2 rings (SSSR count). The van der Waals surface area contributed by atoms with Gasteiger partial charge in [0.2, 0.25) is 0 Å². The van der Waals surface area contributed by atoms with Gasteiger partial charge in [-0.25, -0.2) is 0 Å². The van der Waals surface area contributed by atoms with Crippen molar-refractivity contribution in [3.8, 4) is 5.75 Å². The molecule has 18 heavy (non-hydrogen) atoms. The number of methoxy groups -OCH3 is 1. The Morgan fingerprint density at radius 2 is 2.28 bits per heavy atom. The Morgan fingerprint density at radius 3 is 2.83 bits per heavy atom. The van der Waals surface area contributed by atoms with E-state index in [2.05, 4.69) is 24.1 Å². The molecule has 1 aliphatic heterocycles. The minimum atomic E-state index is -0.297. The fourth-order valence-corrected chi connectivity index (χ4v) is 3.05. The van der Waals surface area contributed by atoms with Gasteiger partial charge in [0.1, 0.15) is 5.75 Å². The number of likely N-dealkylation sites (tertiary alicyclic amines) is 1. The van der Waals surface area contributed by atoms with Crippen molar-refractivity contribution in [3.63, 3.8) is 0 Å². The Labute approximate surface area is 109 Å². The van der Waals surface area contributed by atoms with Crippen molar-refractivity contribution in [3.05, 3.63) is 29.8 Å². The zero-order valence-corrected chi connectivity index (χ0v) is 11.5. The standard InChI is InChI=1S/C15H23NO2/c1-4-14(17)15(8-9-16(2)11-15)12-6-5-7-13(10-12)18-3/h5-7,10,14,17H,4,8-9,11H2,1-3H3. The lowest BCUT2D eigenvalue weighted by Gasteiger charge is -2.34. The second-order valence-corrected chi connectivity index (χ2v) is 5.30. The maximum absolute atomic E-state index is 10.5. The highest BCUT2D eigenvalue weighted by molar-refractivity contribution is 5.36. The van der Waals surface area contributed by atoms with Gasteiger partial charge in [0.15, 0.2) is 0 Å². The first-order valence-corrected chi connectivity index (χ1v) is 6.63. The molecule has 0 spiro atoms. The monoisotopic (exact) mass is 249 g/mol. The lowest BCUT2D eigenvalue weighted by molar-refractivity contribution is 0.0806. The van der Waals surface area contributed by atoms with Gasteiger partial charge in [-0.2, -0.15) is 0 Å². The van der Waals surface area contributed by atoms with E-state index in [9.17, 15) is 5.11 Å². The quantitative estimate of drug-likeness (QED) is 0.886. The van der Waals surface area contributed by atoms with E-state index >= 15 is 0 Å². The molecule has 2 atom stereocenters. The van der Waals surface area contributed by atoms with E-state index in [0.29, 0.717) is 0 Å². The minimum Gasteiger partial charge on any atom is -0.497 e. The largest absolute Gasteiger partial charge is 0.497 e. The number of ether oxygens (including phenoxy) is 1. The third kappa shape index (κ3) is 2.25. The van der Waals surface area contributed by atoms with Crippen LogP contribution in [0.1, 0.15) is 25.3 Å². The van der Waals surface area contributed by atoms with Gasteiger partial charge in [0.25, 0.3) is 0 Å². The van der Waals surface area contributed by atoms with Crippen LogP contribution in [0.15, 0.2) is 24.3 Å². The van der Waals surface area contributed by atoms with Crippen LogP contribution < -0.4 is 4.74 Å². The highest BCUT2D eigenvalue weighted by Gasteiger charge is 2.43. The molecule has 1 aliphatic rings. The van der Waals surface area contributed by atoms with Crippen LogP contribution in [0.25, 0.3) is 0 Å². The maximum Gasteiger partial charge on any atom is 0.119 e. The second kappa shape index (κ2) is 5.29. The van der Waals surface area contributed by atoms with Gasteiger partial charge in [0.05, 0.1) is 13.2 Å². The number of hydrogen-bond acceptors (Lipinski definition) is 3. The number of hydrogen-bond donors (Lipinski definition) is 1. The molecule has 1 fully saturated rings. The average molecular weight is 249 g/mol. The molecular weight excluding hydrogens is 226 g/mol.